The van der Waals surface area contributed by atoms with Gasteiger partial charge in [0.25, 0.3) is 0 Å². The molecular formula is C17H20BrNO8S. The molecule has 0 saturated carbocycles. The Hall–Kier alpha value is -2.24. The van der Waals surface area contributed by atoms with E-state index >= 15 is 0 Å². The lowest BCUT2D eigenvalue weighted by Crippen LogP contribution is -2.14. The number of hydrogen-bond acceptors (Lipinski definition) is 8. The number of ether oxygens (including phenoxy) is 3. The molecule has 9 nitrogen and oxygen atoms in total. The lowest BCUT2D eigenvalue weighted by atomic mass is 10.1. The van der Waals surface area contributed by atoms with Gasteiger partial charge in [-0.25, -0.2) is 13.1 Å². The van der Waals surface area contributed by atoms with E-state index in [-0.39, 0.29) is 30.2 Å². The summed E-state index contributed by atoms with van der Waals surface area (Å²) in [5.41, 5.74) is 0.338. The van der Waals surface area contributed by atoms with Crippen molar-refractivity contribution >= 4 is 32.8 Å². The van der Waals surface area contributed by atoms with Crippen LogP contribution in [0.15, 0.2) is 22.6 Å². The molecule has 2 N–H and O–H groups in total. The van der Waals surface area contributed by atoms with Crippen molar-refractivity contribution in [2.75, 3.05) is 20.8 Å². The first-order chi connectivity index (χ1) is 13.3. The molecule has 0 amide bonds. The quantitative estimate of drug-likeness (QED) is 0.286. The van der Waals surface area contributed by atoms with Crippen LogP contribution in [0.3, 0.4) is 0 Å². The van der Waals surface area contributed by atoms with Gasteiger partial charge < -0.3 is 23.7 Å². The standard InChI is InChI=1S/C17H20BrNO8S/c1-9(20)26-17-14(21)16(13-11(24-2)5-4-6-12(13)25-3)27-15(17)10(18)7-8-19-28(22)23/h4-6,10,21,28H,7-8H2,1-3H3,(H,19,22,23). The van der Waals surface area contributed by atoms with E-state index in [1.807, 2.05) is 0 Å². The first-order valence-electron chi connectivity index (χ1n) is 8.07. The van der Waals surface area contributed by atoms with Crippen LogP contribution in [0.2, 0.25) is 0 Å². The first-order valence-corrected chi connectivity index (χ1v) is 10.2. The molecule has 0 radical (unpaired) electrons. The number of esters is 1. The van der Waals surface area contributed by atoms with Gasteiger partial charge in [-0.1, -0.05) is 22.0 Å². The minimum atomic E-state index is -2.74. The van der Waals surface area contributed by atoms with Gasteiger partial charge in [0.1, 0.15) is 17.1 Å². The molecule has 2 rings (SSSR count). The molecule has 11 heteroatoms. The molecule has 0 aliphatic rings. The molecule has 1 heterocycles. The number of rotatable bonds is 9. The molecule has 1 aromatic heterocycles. The van der Waals surface area contributed by atoms with Gasteiger partial charge in [0.05, 0.1) is 19.0 Å². The van der Waals surface area contributed by atoms with E-state index in [1.165, 1.54) is 21.1 Å². The molecule has 0 fully saturated rings. The predicted octanol–water partition coefficient (Wildman–Crippen LogP) is 2.54. The molecule has 28 heavy (non-hydrogen) atoms. The van der Waals surface area contributed by atoms with Crippen molar-refractivity contribution < 1.29 is 36.9 Å². The van der Waals surface area contributed by atoms with E-state index in [0.29, 0.717) is 17.1 Å². The summed E-state index contributed by atoms with van der Waals surface area (Å²) in [6.07, 6.45) is 0.271. The number of aromatic hydroxyl groups is 1. The highest BCUT2D eigenvalue weighted by Crippen LogP contribution is 2.52. The fourth-order valence-electron chi connectivity index (χ4n) is 2.53. The third kappa shape index (κ3) is 4.97. The van der Waals surface area contributed by atoms with Crippen molar-refractivity contribution in [2.24, 2.45) is 0 Å². The molecule has 1 atom stereocenters. The Bertz CT molecular complexity index is 894. The van der Waals surface area contributed by atoms with E-state index in [2.05, 4.69) is 20.7 Å². The maximum absolute atomic E-state index is 11.5. The highest BCUT2D eigenvalue weighted by atomic mass is 79.9. The second kappa shape index (κ2) is 9.80. The van der Waals surface area contributed by atoms with Crippen LogP contribution >= 0.6 is 15.9 Å². The summed E-state index contributed by atoms with van der Waals surface area (Å²) in [6, 6.07) is 5.02. The maximum Gasteiger partial charge on any atom is 0.308 e. The zero-order valence-corrected chi connectivity index (χ0v) is 17.8. The van der Waals surface area contributed by atoms with Crippen molar-refractivity contribution in [1.82, 2.24) is 4.72 Å². The highest BCUT2D eigenvalue weighted by Gasteiger charge is 2.31. The zero-order valence-electron chi connectivity index (χ0n) is 15.4. The molecule has 2 aromatic rings. The normalized spacial score (nSPS) is 12.0. The molecule has 154 valence electrons. The largest absolute Gasteiger partial charge is 0.502 e. The molecule has 0 aliphatic carbocycles. The van der Waals surface area contributed by atoms with Crippen LogP contribution in [0.1, 0.15) is 23.9 Å². The van der Waals surface area contributed by atoms with E-state index in [9.17, 15) is 18.3 Å². The van der Waals surface area contributed by atoms with Gasteiger partial charge in [-0.15, -0.1) is 0 Å². The fourth-order valence-corrected chi connectivity index (χ4v) is 3.37. The minimum Gasteiger partial charge on any atom is -0.502 e. The van der Waals surface area contributed by atoms with Crippen molar-refractivity contribution in [2.45, 2.75) is 18.2 Å². The molecule has 0 saturated heterocycles. The topological polar surface area (TPSA) is 124 Å². The van der Waals surface area contributed by atoms with Gasteiger partial charge in [-0.2, -0.15) is 0 Å². The van der Waals surface area contributed by atoms with Crippen LogP contribution in [-0.4, -0.2) is 40.3 Å². The van der Waals surface area contributed by atoms with Crippen molar-refractivity contribution in [1.29, 1.82) is 0 Å². The number of methoxy groups -OCH3 is 2. The molecular weight excluding hydrogens is 458 g/mol. The maximum atomic E-state index is 11.5. The van der Waals surface area contributed by atoms with Gasteiger partial charge >= 0.3 is 5.97 Å². The molecule has 1 aromatic carbocycles. The number of thiol groups is 1. The summed E-state index contributed by atoms with van der Waals surface area (Å²) in [7, 11) is 0.166. The number of carbonyl (C=O) groups is 1. The van der Waals surface area contributed by atoms with Gasteiger partial charge in [0.15, 0.2) is 11.5 Å². The zero-order chi connectivity index (χ0) is 20.8. The Labute approximate surface area is 171 Å². The van der Waals surface area contributed by atoms with Crippen LogP contribution in [0.25, 0.3) is 11.3 Å². The smallest absolute Gasteiger partial charge is 0.308 e. The van der Waals surface area contributed by atoms with Crippen LogP contribution in [-0.2, 0) is 15.7 Å². The summed E-state index contributed by atoms with van der Waals surface area (Å²) in [5, 5.41) is 10.7. The number of hydrogen-bond donors (Lipinski definition) is 3. The average Bonchev–Trinajstić information content (AvgIpc) is 2.96. The summed E-state index contributed by atoms with van der Waals surface area (Å²) in [6.45, 7) is 1.30. The Morgan fingerprint density at radius 1 is 1.29 bits per heavy atom. The summed E-state index contributed by atoms with van der Waals surface area (Å²) in [4.78, 5) is 11.0. The Kier molecular flexibility index (Phi) is 7.72. The fraction of sp³-hybridized carbons (Fsp3) is 0.353. The number of carbonyl (C=O) groups excluding carboxylic acids is 1. The molecule has 0 aliphatic heterocycles. The number of halogens is 1. The monoisotopic (exact) mass is 477 g/mol. The van der Waals surface area contributed by atoms with Crippen molar-refractivity contribution in [3.05, 3.63) is 24.0 Å². The number of benzene rings is 1. The van der Waals surface area contributed by atoms with E-state index in [4.69, 9.17) is 18.6 Å². The van der Waals surface area contributed by atoms with Crippen LogP contribution in [0.4, 0.5) is 0 Å². The number of alkyl halides is 1. The molecule has 1 unspecified atom stereocenters. The van der Waals surface area contributed by atoms with Crippen LogP contribution in [0, 0.1) is 0 Å². The lowest BCUT2D eigenvalue weighted by Gasteiger charge is -2.11. The number of furan rings is 1. The highest BCUT2D eigenvalue weighted by molar-refractivity contribution is 9.09. The SMILES string of the molecule is COc1cccc(OC)c1-c1oc(C(Br)CCN[SH](=O)=O)c(OC(C)=O)c1O. The first kappa shape index (κ1) is 22.1. The lowest BCUT2D eigenvalue weighted by molar-refractivity contribution is -0.132. The summed E-state index contributed by atoms with van der Waals surface area (Å²) in [5.74, 6) is -0.354. The predicted molar refractivity (Wildman–Crippen MR) is 105 cm³/mol. The van der Waals surface area contributed by atoms with Gasteiger partial charge in [-0.3, -0.25) is 4.79 Å². The molecule has 0 spiro atoms. The summed E-state index contributed by atoms with van der Waals surface area (Å²) >= 11 is 3.37. The average molecular weight is 478 g/mol. The van der Waals surface area contributed by atoms with Crippen molar-refractivity contribution in [3.63, 3.8) is 0 Å². The van der Waals surface area contributed by atoms with E-state index in [0.717, 1.165) is 0 Å². The Balaban J connectivity index is 2.56. The molecule has 0 bridgehead atoms. The van der Waals surface area contributed by atoms with E-state index in [1.54, 1.807) is 18.2 Å². The van der Waals surface area contributed by atoms with Crippen molar-refractivity contribution in [3.8, 4) is 34.3 Å². The Morgan fingerprint density at radius 3 is 2.39 bits per heavy atom. The number of nitrogens with one attached hydrogen (secondary N) is 1. The van der Waals surface area contributed by atoms with Gasteiger partial charge in [0.2, 0.25) is 22.4 Å². The summed E-state index contributed by atoms with van der Waals surface area (Å²) < 4.78 is 45.2. The minimum absolute atomic E-state index is 0.00661. The Morgan fingerprint density at radius 2 is 1.89 bits per heavy atom. The second-order valence-corrected chi connectivity index (χ2v) is 7.46. The van der Waals surface area contributed by atoms with Gasteiger partial charge in [0, 0.05) is 13.5 Å². The van der Waals surface area contributed by atoms with Crippen LogP contribution in [0.5, 0.6) is 23.0 Å². The van der Waals surface area contributed by atoms with E-state index < -0.39 is 27.4 Å². The van der Waals surface area contributed by atoms with Crippen LogP contribution < -0.4 is 18.9 Å². The van der Waals surface area contributed by atoms with Gasteiger partial charge in [-0.05, 0) is 18.6 Å². The third-order valence-corrected chi connectivity index (χ3v) is 5.05. The third-order valence-electron chi connectivity index (χ3n) is 3.69. The second-order valence-electron chi connectivity index (χ2n) is 5.53.